The van der Waals surface area contributed by atoms with Gasteiger partial charge in [0.05, 0.1) is 50.8 Å². The van der Waals surface area contributed by atoms with Crippen molar-refractivity contribution in [3.8, 4) is 23.0 Å². The number of benzene rings is 4. The zero-order valence-electron chi connectivity index (χ0n) is 94.3. The molecule has 4 aliphatic carbocycles. The van der Waals surface area contributed by atoms with Gasteiger partial charge in [-0.25, -0.2) is 0 Å². The third-order valence-electron chi connectivity index (χ3n) is 12.3. The van der Waals surface area contributed by atoms with E-state index in [4.69, 9.17) is 82.0 Å². The molecule has 0 bridgehead atoms. The molecule has 4 aliphatic rings. The van der Waals surface area contributed by atoms with Crippen molar-refractivity contribution in [2.45, 2.75) is 174 Å². The Morgan fingerprint density at radius 1 is 0.412 bits per heavy atom. The van der Waals surface area contributed by atoms with Crippen LogP contribution in [0, 0.1) is 0 Å². The summed E-state index contributed by atoms with van der Waals surface area (Å²) >= 11 is 0. The minimum absolute atomic E-state index is 0.00816. The van der Waals surface area contributed by atoms with Crippen LogP contribution in [0.15, 0.2) is 97.1 Å². The summed E-state index contributed by atoms with van der Waals surface area (Å²) in [6, 6.07) is 20.3. The van der Waals surface area contributed by atoms with Gasteiger partial charge in [0.15, 0.2) is 0 Å². The number of likely N-dealkylation sites (N-methyl/N-ethyl adjacent to an activating group) is 4. The normalized spacial score (nSPS) is 40.4. The van der Waals surface area contributed by atoms with Crippen LogP contribution in [-0.2, 0) is 0 Å². The minimum Gasteiger partial charge on any atom is -0.497 e. The summed E-state index contributed by atoms with van der Waals surface area (Å²) in [5.41, 5.74) is -14.8. The molecule has 80 heavy (non-hydrogen) atoms. The lowest BCUT2D eigenvalue weighted by molar-refractivity contribution is -0.0280. The van der Waals surface area contributed by atoms with E-state index < -0.39 is 198 Å². The Labute approximate surface area is 552 Å². The standard InChI is InChI=1S/4C17H27NO2/c4*1-18(2)13-16(17(19)11-5-4-6-12-17)14-7-9-15(20-3)10-8-14/h4*7-10,16,19H,4-6,11-13H2,1-3H3/i1D3,2D3,4D2,5D2,6D2,11D2,12D2,13D2,16D;1D3,4D2,5D2,6D2,11D2,12D2,13D2,16D;4D2,5D2,6D2,11D2,12D2,13D2,16D;. The van der Waals surface area contributed by atoms with Gasteiger partial charge in [-0.1, -0.05) is 125 Å². The first kappa shape index (κ1) is 25.9. The molecule has 4 aromatic rings. The summed E-state index contributed by atoms with van der Waals surface area (Å²) in [6.07, 6.45) is -56.1. The molecule has 4 aromatic carbocycles. The molecule has 4 N–H and O–H groups in total. The monoisotopic (exact) mass is 1160 g/mol. The highest BCUT2D eigenvalue weighted by Gasteiger charge is 2.42. The quantitative estimate of drug-likeness (QED) is 0.0672. The molecule has 0 amide bonds. The van der Waals surface area contributed by atoms with Crippen molar-refractivity contribution in [2.24, 2.45) is 0 Å². The average molecular weight is 1160 g/mol. The van der Waals surface area contributed by atoms with Crippen LogP contribution in [0.4, 0.5) is 0 Å². The molecule has 0 saturated heterocycles. The molecule has 4 unspecified atom stereocenters. The van der Waals surface area contributed by atoms with Crippen molar-refractivity contribution >= 4 is 0 Å². The predicted octanol–water partition coefficient (Wildman–Crippen LogP) is 12.1. The summed E-state index contributed by atoms with van der Waals surface area (Å²) in [5, 5.41) is 46.8. The van der Waals surface area contributed by atoms with Gasteiger partial charge in [0.2, 0.25) is 0 Å². The third kappa shape index (κ3) is 20.0. The third-order valence-corrected chi connectivity index (χ3v) is 12.3. The van der Waals surface area contributed by atoms with Gasteiger partial charge < -0.3 is 59.0 Å². The van der Waals surface area contributed by atoms with Crippen molar-refractivity contribution in [1.29, 1.82) is 0 Å². The Morgan fingerprint density at radius 3 is 0.975 bits per heavy atom. The van der Waals surface area contributed by atoms with E-state index in [2.05, 4.69) is 31.1 Å². The highest BCUT2D eigenvalue weighted by atomic mass is 16.5. The fourth-order valence-corrected chi connectivity index (χ4v) is 8.43. The zero-order chi connectivity index (χ0) is 101. The van der Waals surface area contributed by atoms with Gasteiger partial charge in [-0.15, -0.1) is 0 Å². The second-order valence-corrected chi connectivity index (χ2v) is 18.7. The van der Waals surface area contributed by atoms with Crippen LogP contribution in [-0.4, -0.2) is 173 Å². The van der Waals surface area contributed by atoms with Gasteiger partial charge in [0.25, 0.3) is 0 Å². The van der Waals surface area contributed by atoms with Crippen LogP contribution < -0.4 is 18.9 Å². The van der Waals surface area contributed by atoms with Gasteiger partial charge in [0.1, 0.15) is 23.0 Å². The van der Waals surface area contributed by atoms with Crippen LogP contribution in [0.2, 0.25) is 0 Å². The van der Waals surface area contributed by atoms with E-state index in [1.54, 1.807) is 7.11 Å². The number of nitrogens with zero attached hydrogens (tertiary/aromatic N) is 4. The van der Waals surface area contributed by atoms with E-state index in [9.17, 15) is 23.2 Å². The molecular formula is C68H108N4O8. The molecule has 0 spiro atoms. The number of ether oxygens (including phenoxy) is 4. The van der Waals surface area contributed by atoms with Gasteiger partial charge >= 0.3 is 0 Å². The summed E-state index contributed by atoms with van der Waals surface area (Å²) in [5.74, 6) is -10.1. The van der Waals surface area contributed by atoms with E-state index in [0.717, 1.165) is 118 Å². The summed E-state index contributed by atoms with van der Waals surface area (Å²) in [6.45, 7) is -21.7. The van der Waals surface area contributed by atoms with Crippen LogP contribution in [0.25, 0.3) is 0 Å². The maximum Gasteiger partial charge on any atom is 0.118 e. The number of hydrogen-bond acceptors (Lipinski definition) is 12. The number of aliphatic hydroxyl groups is 4. The van der Waals surface area contributed by atoms with Crippen molar-refractivity contribution in [3.63, 3.8) is 0 Å². The van der Waals surface area contributed by atoms with Crippen LogP contribution >= 0.6 is 0 Å². The number of methoxy groups -OCH3 is 4. The Hall–Kier alpha value is -4.24. The lowest BCUT2D eigenvalue weighted by Gasteiger charge is -2.40. The largest absolute Gasteiger partial charge is 0.497 e. The average Bonchev–Trinajstić information content (AvgIpc) is 0.652. The first-order valence-electron chi connectivity index (χ1n) is 49.0. The van der Waals surface area contributed by atoms with Crippen molar-refractivity contribution in [3.05, 3.63) is 119 Å². The SMILES string of the molecule is COc1ccc(C(CN(C)C)C2(O)CCCCC2)cc1.[2H]C([2H])(N(C)C)C([2H])(c1ccc(OC)cc1)C1(O)C([2H])([2H])C([2H])([2H])C([2H])([2H])C([2H])([2H])C1([2H])[2H].[2H]C([2H])([2H])N(C([2H])([2H])[2H])C([2H])([2H])C([2H])(c1ccc(OC)cc1)C1(O)C([2H])([2H])C([2H])([2H])C([2H])([2H])C([2H])([2H])C1([2H])[2H].[2H]C([2H])([2H])N(C)C([2H])([2H])C([2H])(c1ccc(OC)cc1)C1(O)C([2H])([2H])C([2H])([2H])C([2H])([2H])C([2H])([2H])C1([2H])[2H]. The second kappa shape index (κ2) is 32.6. The fraction of sp³-hybridized carbons (Fsp3) is 0.647. The lowest BCUT2D eigenvalue weighted by atomic mass is 9.72. The van der Waals surface area contributed by atoms with E-state index >= 15 is 0 Å². The number of rotatable bonds is 20. The first-order chi connectivity index (χ1) is 56.6. The Kier molecular flexibility index (Phi) is 10.6. The van der Waals surface area contributed by atoms with Crippen LogP contribution in [0.5, 0.6) is 23.0 Å². The zero-order valence-corrected chi connectivity index (χ0v) is 46.3. The van der Waals surface area contributed by atoms with Crippen LogP contribution in [0.3, 0.4) is 0 Å². The summed E-state index contributed by atoms with van der Waals surface area (Å²) in [4.78, 5) is 1.99. The van der Waals surface area contributed by atoms with E-state index in [0.29, 0.717) is 7.05 Å². The molecule has 12 nitrogen and oxygen atoms in total. The predicted molar refractivity (Wildman–Crippen MR) is 329 cm³/mol. The molecule has 0 radical (unpaired) electrons. The second-order valence-electron chi connectivity index (χ2n) is 18.7. The Balaban J connectivity index is 0.000000309. The van der Waals surface area contributed by atoms with Crippen LogP contribution in [0.1, 0.15) is 239 Å². The van der Waals surface area contributed by atoms with Crippen molar-refractivity contribution in [1.82, 2.24) is 19.6 Å². The molecule has 0 aromatic heterocycles. The van der Waals surface area contributed by atoms with Gasteiger partial charge in [-0.2, -0.15) is 0 Å². The highest BCUT2D eigenvalue weighted by Crippen LogP contribution is 2.44. The molecule has 4 fully saturated rings. The highest BCUT2D eigenvalue weighted by molar-refractivity contribution is 5.35. The van der Waals surface area contributed by atoms with Gasteiger partial charge in [-0.05, 0) is 178 Å². The van der Waals surface area contributed by atoms with Crippen molar-refractivity contribution in [2.75, 3.05) is 111 Å². The lowest BCUT2D eigenvalue weighted by Crippen LogP contribution is -2.42. The fourth-order valence-electron chi connectivity index (χ4n) is 8.43. The van der Waals surface area contributed by atoms with E-state index in [-0.39, 0.29) is 28.1 Å². The van der Waals surface area contributed by atoms with Gasteiger partial charge in [0, 0.05) is 115 Å². The summed E-state index contributed by atoms with van der Waals surface area (Å²) in [7, 11) is 12.5. The molecule has 0 heterocycles. The molecule has 0 aliphatic heterocycles. The molecular weight excluding hydrogens is 1000 g/mol. The maximum atomic E-state index is 12.0. The molecule has 12 heteroatoms. The topological polar surface area (TPSA) is 131 Å². The molecule has 4 saturated carbocycles. The smallest absolute Gasteiger partial charge is 0.118 e. The van der Waals surface area contributed by atoms with E-state index in [1.165, 1.54) is 45.4 Å². The molecule has 4 atom stereocenters. The van der Waals surface area contributed by atoms with E-state index in [1.807, 2.05) is 12.1 Å². The molecule has 448 valence electrons. The first-order valence-corrected chi connectivity index (χ1v) is 25.0. The van der Waals surface area contributed by atoms with Crippen molar-refractivity contribution < 1.29 is 105 Å². The Morgan fingerprint density at radius 2 is 0.700 bits per heavy atom. The molecule has 8 rings (SSSR count). The Bertz CT molecular complexity index is 4380. The summed E-state index contributed by atoms with van der Waals surface area (Å²) < 4.78 is 416. The minimum atomic E-state index is -4.67. The van der Waals surface area contributed by atoms with Gasteiger partial charge in [-0.3, -0.25) is 0 Å². The maximum absolute atomic E-state index is 12.0. The number of hydrogen-bond donors (Lipinski definition) is 4.